The van der Waals surface area contributed by atoms with Crippen molar-refractivity contribution in [1.82, 2.24) is 29.9 Å². The molecule has 13 heteroatoms. The van der Waals surface area contributed by atoms with Gasteiger partial charge >= 0.3 is 6.09 Å². The van der Waals surface area contributed by atoms with Gasteiger partial charge < -0.3 is 9.64 Å². The molecule has 11 nitrogen and oxygen atoms in total. The maximum absolute atomic E-state index is 15.1. The molecule has 0 aliphatic carbocycles. The van der Waals surface area contributed by atoms with Gasteiger partial charge in [0.1, 0.15) is 12.4 Å². The molecule has 172 valence electrons. The lowest BCUT2D eigenvalue weighted by Gasteiger charge is -2.26. The summed E-state index contributed by atoms with van der Waals surface area (Å²) < 4.78 is 44.9. The topological polar surface area (TPSA) is 123 Å². The highest BCUT2D eigenvalue weighted by atomic mass is 32.2. The van der Waals surface area contributed by atoms with Crippen molar-refractivity contribution in [1.29, 1.82) is 0 Å². The fourth-order valence-electron chi connectivity index (χ4n) is 3.91. The van der Waals surface area contributed by atoms with Gasteiger partial charge in [-0.3, -0.25) is 4.90 Å². The summed E-state index contributed by atoms with van der Waals surface area (Å²) in [6.07, 6.45) is 4.90. The molecule has 2 aliphatic rings. The fraction of sp³-hybridized carbons (Fsp3) is 0.350. The van der Waals surface area contributed by atoms with E-state index in [-0.39, 0.29) is 18.1 Å². The normalized spacial score (nSPS) is 18.9. The van der Waals surface area contributed by atoms with Gasteiger partial charge in [0, 0.05) is 42.8 Å². The zero-order valence-electron chi connectivity index (χ0n) is 17.4. The van der Waals surface area contributed by atoms with Gasteiger partial charge in [0.15, 0.2) is 16.0 Å². The van der Waals surface area contributed by atoms with Gasteiger partial charge in [0.05, 0.1) is 24.2 Å². The number of aromatic nitrogens is 5. The van der Waals surface area contributed by atoms with Gasteiger partial charge in [-0.15, -0.1) is 5.10 Å². The van der Waals surface area contributed by atoms with Crippen molar-refractivity contribution >= 4 is 21.9 Å². The standard InChI is InChI=1S/C20H20FN7O4S/c21-17-11-14(18(28-4-3-24-25-28)27-5-8-32-20(27)29)1-2-16(17)15-12-22-19(23-13-15)26-6-9-33(30,31)10-7-26/h1-4,11-13,18H,5-10H2. The molecule has 0 spiro atoms. The number of benzene rings is 1. The molecule has 1 aromatic carbocycles. The largest absolute Gasteiger partial charge is 0.447 e. The Bertz CT molecular complexity index is 1250. The molecular weight excluding hydrogens is 453 g/mol. The molecule has 0 bridgehead atoms. The predicted molar refractivity (Wildman–Crippen MR) is 115 cm³/mol. The quantitative estimate of drug-likeness (QED) is 0.536. The first kappa shape index (κ1) is 21.2. The Labute approximate surface area is 188 Å². The summed E-state index contributed by atoms with van der Waals surface area (Å²) in [5, 5.41) is 7.77. The van der Waals surface area contributed by atoms with Crippen LogP contribution in [0.1, 0.15) is 11.7 Å². The van der Waals surface area contributed by atoms with Crippen molar-refractivity contribution in [2.75, 3.05) is 42.6 Å². The van der Waals surface area contributed by atoms with Gasteiger partial charge in [-0.05, 0) is 11.6 Å². The third-order valence-electron chi connectivity index (χ3n) is 5.65. The number of sulfone groups is 1. The second kappa shape index (κ2) is 8.39. The lowest BCUT2D eigenvalue weighted by atomic mass is 10.0. The van der Waals surface area contributed by atoms with Crippen LogP contribution in [0.4, 0.5) is 15.1 Å². The molecule has 4 heterocycles. The van der Waals surface area contributed by atoms with Crippen LogP contribution < -0.4 is 4.90 Å². The van der Waals surface area contributed by atoms with E-state index in [0.29, 0.717) is 42.3 Å². The number of halogens is 1. The molecule has 3 aromatic rings. The van der Waals surface area contributed by atoms with Crippen LogP contribution >= 0.6 is 0 Å². The van der Waals surface area contributed by atoms with E-state index < -0.39 is 27.9 Å². The predicted octanol–water partition coefficient (Wildman–Crippen LogP) is 1.11. The third kappa shape index (κ3) is 4.23. The fourth-order valence-corrected chi connectivity index (χ4v) is 5.11. The Morgan fingerprint density at radius 3 is 2.45 bits per heavy atom. The molecule has 1 atom stereocenters. The van der Waals surface area contributed by atoms with Crippen LogP contribution in [0.5, 0.6) is 0 Å². The molecule has 2 fully saturated rings. The molecule has 2 aromatic heterocycles. The van der Waals surface area contributed by atoms with Crippen LogP contribution in [0.3, 0.4) is 0 Å². The summed E-state index contributed by atoms with van der Waals surface area (Å²) in [4.78, 5) is 24.0. The Morgan fingerprint density at radius 1 is 1.09 bits per heavy atom. The number of nitrogens with zero attached hydrogens (tertiary/aromatic N) is 7. The van der Waals surface area contributed by atoms with Gasteiger partial charge in [-0.2, -0.15) is 0 Å². The van der Waals surface area contributed by atoms with Crippen molar-refractivity contribution in [2.24, 2.45) is 0 Å². The van der Waals surface area contributed by atoms with Gasteiger partial charge in [0.25, 0.3) is 0 Å². The smallest absolute Gasteiger partial charge is 0.411 e. The van der Waals surface area contributed by atoms with Crippen LogP contribution in [-0.4, -0.2) is 82.1 Å². The summed E-state index contributed by atoms with van der Waals surface area (Å²) in [5.74, 6) is 0.0206. The summed E-state index contributed by atoms with van der Waals surface area (Å²) >= 11 is 0. The number of amides is 1. The Kier molecular flexibility index (Phi) is 5.40. The average Bonchev–Trinajstić information content (AvgIpc) is 3.47. The van der Waals surface area contributed by atoms with Crippen molar-refractivity contribution in [2.45, 2.75) is 6.17 Å². The number of carbonyl (C=O) groups excluding carboxylic acids is 1. The van der Waals surface area contributed by atoms with Crippen molar-refractivity contribution < 1.29 is 22.3 Å². The van der Waals surface area contributed by atoms with E-state index in [1.54, 1.807) is 23.2 Å². The Morgan fingerprint density at radius 2 is 1.85 bits per heavy atom. The van der Waals surface area contributed by atoms with Gasteiger partial charge in [-0.25, -0.2) is 32.3 Å². The van der Waals surface area contributed by atoms with E-state index in [1.807, 2.05) is 0 Å². The highest BCUT2D eigenvalue weighted by Gasteiger charge is 2.33. The maximum Gasteiger partial charge on any atom is 0.411 e. The zero-order valence-corrected chi connectivity index (χ0v) is 18.2. The molecule has 0 radical (unpaired) electrons. The summed E-state index contributed by atoms with van der Waals surface area (Å²) in [5.41, 5.74) is 1.28. The second-order valence-electron chi connectivity index (χ2n) is 7.71. The zero-order chi connectivity index (χ0) is 23.0. The molecule has 1 unspecified atom stereocenters. The minimum atomic E-state index is -3.01. The number of cyclic esters (lactones) is 1. The molecule has 5 rings (SSSR count). The molecular formula is C20H20FN7O4S. The SMILES string of the molecule is O=C1OCCN1C(c1ccc(-c2cnc(N3CCS(=O)(=O)CC3)nc2)c(F)c1)n1ccnn1. The van der Waals surface area contributed by atoms with Gasteiger partial charge in [-0.1, -0.05) is 17.3 Å². The Balaban J connectivity index is 1.40. The first-order chi connectivity index (χ1) is 15.9. The third-order valence-corrected chi connectivity index (χ3v) is 7.26. The number of anilines is 1. The highest BCUT2D eigenvalue weighted by Crippen LogP contribution is 2.30. The van der Waals surface area contributed by atoms with E-state index in [1.165, 1.54) is 34.2 Å². The number of rotatable bonds is 5. The minimum Gasteiger partial charge on any atom is -0.447 e. The van der Waals surface area contributed by atoms with Crippen LogP contribution in [0.2, 0.25) is 0 Å². The van der Waals surface area contributed by atoms with E-state index in [4.69, 9.17) is 4.74 Å². The van der Waals surface area contributed by atoms with E-state index in [9.17, 15) is 13.2 Å². The minimum absolute atomic E-state index is 0.0612. The van der Waals surface area contributed by atoms with Crippen LogP contribution in [-0.2, 0) is 14.6 Å². The summed E-state index contributed by atoms with van der Waals surface area (Å²) in [6, 6.07) is 4.65. The number of hydrogen-bond acceptors (Lipinski definition) is 9. The van der Waals surface area contributed by atoms with E-state index in [0.717, 1.165) is 0 Å². The molecule has 2 aliphatic heterocycles. The Hall–Kier alpha value is -3.61. The van der Waals surface area contributed by atoms with Crippen LogP contribution in [0.25, 0.3) is 11.1 Å². The molecule has 0 N–H and O–H groups in total. The average molecular weight is 473 g/mol. The molecule has 1 amide bonds. The lowest BCUT2D eigenvalue weighted by molar-refractivity contribution is 0.139. The monoisotopic (exact) mass is 473 g/mol. The maximum atomic E-state index is 15.1. The number of ether oxygens (including phenoxy) is 1. The number of carbonyl (C=O) groups is 1. The van der Waals surface area contributed by atoms with Gasteiger partial charge in [0.2, 0.25) is 5.95 Å². The molecule has 2 saturated heterocycles. The van der Waals surface area contributed by atoms with E-state index >= 15 is 4.39 Å². The van der Waals surface area contributed by atoms with Crippen molar-refractivity contribution in [3.05, 3.63) is 54.4 Å². The first-order valence-corrected chi connectivity index (χ1v) is 12.1. The first-order valence-electron chi connectivity index (χ1n) is 10.3. The van der Waals surface area contributed by atoms with Crippen LogP contribution in [0.15, 0.2) is 43.0 Å². The van der Waals surface area contributed by atoms with Crippen LogP contribution in [0, 0.1) is 5.82 Å². The molecule has 0 saturated carbocycles. The van der Waals surface area contributed by atoms with Crippen molar-refractivity contribution in [3.8, 4) is 11.1 Å². The molecule has 33 heavy (non-hydrogen) atoms. The highest BCUT2D eigenvalue weighted by molar-refractivity contribution is 7.91. The van der Waals surface area contributed by atoms with Crippen molar-refractivity contribution in [3.63, 3.8) is 0 Å². The lowest BCUT2D eigenvalue weighted by Crippen LogP contribution is -2.41. The summed E-state index contributed by atoms with van der Waals surface area (Å²) in [6.45, 7) is 1.25. The second-order valence-corrected chi connectivity index (χ2v) is 10.0. The van der Waals surface area contributed by atoms with E-state index in [2.05, 4.69) is 20.3 Å². The summed E-state index contributed by atoms with van der Waals surface area (Å²) in [7, 11) is -3.01. The number of hydrogen-bond donors (Lipinski definition) is 0.